The summed E-state index contributed by atoms with van der Waals surface area (Å²) < 4.78 is 6.48. The molecule has 1 fully saturated rings. The lowest BCUT2D eigenvalue weighted by Gasteiger charge is -2.43. The van der Waals surface area contributed by atoms with Crippen LogP contribution >= 0.6 is 0 Å². The topological polar surface area (TPSA) is 129 Å². The average Bonchev–Trinajstić information content (AvgIpc) is 2.84. The predicted octanol–water partition coefficient (Wildman–Crippen LogP) is 4.21. The summed E-state index contributed by atoms with van der Waals surface area (Å²) in [5, 5.41) is 2.92. The Hall–Kier alpha value is -3.36. The molecule has 8 heteroatoms. The third-order valence-corrected chi connectivity index (χ3v) is 6.46. The molecule has 4 unspecified atom stereocenters. The van der Waals surface area contributed by atoms with Gasteiger partial charge in [-0.05, 0) is 24.8 Å². The summed E-state index contributed by atoms with van der Waals surface area (Å²) >= 11 is 0. The number of nitrogens with two attached hydrogens (primary N) is 2. The Bertz CT molecular complexity index is 1140. The van der Waals surface area contributed by atoms with Crippen molar-refractivity contribution in [1.29, 1.82) is 0 Å². The van der Waals surface area contributed by atoms with Crippen LogP contribution in [-0.4, -0.2) is 33.0 Å². The molecule has 3 aromatic rings. The number of aromatic nitrogens is 3. The molecule has 5 N–H and O–H groups in total. The van der Waals surface area contributed by atoms with Crippen LogP contribution < -0.4 is 16.8 Å². The zero-order valence-electron chi connectivity index (χ0n) is 19.8. The predicted molar refractivity (Wildman–Crippen MR) is 133 cm³/mol. The van der Waals surface area contributed by atoms with Gasteiger partial charge in [-0.3, -0.25) is 9.78 Å². The second-order valence-corrected chi connectivity index (χ2v) is 9.06. The number of pyridine rings is 1. The molecule has 178 valence electrons. The zero-order valence-corrected chi connectivity index (χ0v) is 19.8. The van der Waals surface area contributed by atoms with E-state index in [0.717, 1.165) is 17.5 Å². The molecule has 8 nitrogen and oxygen atoms in total. The van der Waals surface area contributed by atoms with Crippen LogP contribution in [0.5, 0.6) is 0 Å². The van der Waals surface area contributed by atoms with E-state index in [-0.39, 0.29) is 35.7 Å². The number of nitrogen functional groups attached to an aromatic ring is 1. The van der Waals surface area contributed by atoms with Crippen molar-refractivity contribution in [3.05, 3.63) is 66.2 Å². The Kier molecular flexibility index (Phi) is 7.19. The second kappa shape index (κ2) is 10.3. The first-order chi connectivity index (χ1) is 16.4. The van der Waals surface area contributed by atoms with E-state index < -0.39 is 5.91 Å². The van der Waals surface area contributed by atoms with E-state index in [0.29, 0.717) is 23.7 Å². The molecule has 1 amide bonds. The molecule has 4 rings (SSSR count). The van der Waals surface area contributed by atoms with Crippen molar-refractivity contribution < 1.29 is 9.53 Å². The SMILES string of the molecule is CCC1OC(c2ccncc2NC(=O)c2nc(-c3ccccc3)cnc2N)CC(N)C1C(C)C. The van der Waals surface area contributed by atoms with Crippen LogP contribution in [0.4, 0.5) is 11.5 Å². The molecule has 1 saturated heterocycles. The van der Waals surface area contributed by atoms with E-state index in [4.69, 9.17) is 16.2 Å². The van der Waals surface area contributed by atoms with Crippen LogP contribution in [0.1, 0.15) is 55.8 Å². The first-order valence-electron chi connectivity index (χ1n) is 11.7. The van der Waals surface area contributed by atoms with Crippen LogP contribution in [0, 0.1) is 11.8 Å². The van der Waals surface area contributed by atoms with Crippen molar-refractivity contribution >= 4 is 17.4 Å². The van der Waals surface area contributed by atoms with Gasteiger partial charge in [0.25, 0.3) is 5.91 Å². The summed E-state index contributed by atoms with van der Waals surface area (Å²) in [5.74, 6) is 0.321. The van der Waals surface area contributed by atoms with Crippen molar-refractivity contribution in [2.24, 2.45) is 17.6 Å². The van der Waals surface area contributed by atoms with Gasteiger partial charge in [-0.25, -0.2) is 9.97 Å². The molecule has 0 bridgehead atoms. The van der Waals surface area contributed by atoms with Crippen molar-refractivity contribution in [2.45, 2.75) is 51.9 Å². The van der Waals surface area contributed by atoms with E-state index in [9.17, 15) is 4.79 Å². The van der Waals surface area contributed by atoms with E-state index >= 15 is 0 Å². The number of hydrogen-bond acceptors (Lipinski definition) is 7. The summed E-state index contributed by atoms with van der Waals surface area (Å²) in [4.78, 5) is 26.1. The van der Waals surface area contributed by atoms with Crippen LogP contribution in [-0.2, 0) is 4.74 Å². The van der Waals surface area contributed by atoms with Gasteiger partial charge in [-0.1, -0.05) is 51.1 Å². The smallest absolute Gasteiger partial charge is 0.278 e. The molecule has 0 aliphatic carbocycles. The molecule has 34 heavy (non-hydrogen) atoms. The summed E-state index contributed by atoms with van der Waals surface area (Å²) in [5.41, 5.74) is 15.5. The fraction of sp³-hybridized carbons (Fsp3) is 0.385. The number of ether oxygens (including phenoxy) is 1. The Balaban J connectivity index is 1.59. The lowest BCUT2D eigenvalue weighted by Crippen LogP contribution is -2.48. The number of rotatable bonds is 6. The molecule has 4 atom stereocenters. The number of nitrogens with one attached hydrogen (secondary N) is 1. The van der Waals surface area contributed by atoms with E-state index in [1.165, 1.54) is 0 Å². The minimum absolute atomic E-state index is 0.00415. The largest absolute Gasteiger partial charge is 0.382 e. The quantitative estimate of drug-likeness (QED) is 0.502. The normalized spacial score (nSPS) is 22.5. The summed E-state index contributed by atoms with van der Waals surface area (Å²) in [6.45, 7) is 6.49. The molecule has 1 aromatic carbocycles. The van der Waals surface area contributed by atoms with Gasteiger partial charge in [0.1, 0.15) is 0 Å². The molecule has 0 saturated carbocycles. The fourth-order valence-electron chi connectivity index (χ4n) is 4.82. The van der Waals surface area contributed by atoms with Gasteiger partial charge in [-0.2, -0.15) is 0 Å². The lowest BCUT2D eigenvalue weighted by atomic mass is 9.77. The minimum atomic E-state index is -0.454. The van der Waals surface area contributed by atoms with Gasteiger partial charge in [0.2, 0.25) is 0 Å². The number of anilines is 2. The Morgan fingerprint density at radius 1 is 1.21 bits per heavy atom. The van der Waals surface area contributed by atoms with Gasteiger partial charge < -0.3 is 21.5 Å². The number of hydrogen-bond donors (Lipinski definition) is 3. The van der Waals surface area contributed by atoms with Crippen LogP contribution in [0.2, 0.25) is 0 Å². The Morgan fingerprint density at radius 3 is 2.68 bits per heavy atom. The first kappa shape index (κ1) is 23.8. The number of amides is 1. The minimum Gasteiger partial charge on any atom is -0.382 e. The molecule has 2 aromatic heterocycles. The number of benzene rings is 1. The fourth-order valence-corrected chi connectivity index (χ4v) is 4.82. The number of nitrogens with zero attached hydrogens (tertiary/aromatic N) is 3. The molecule has 1 aliphatic heterocycles. The lowest BCUT2D eigenvalue weighted by molar-refractivity contribution is -0.106. The highest BCUT2D eigenvalue weighted by atomic mass is 16.5. The van der Waals surface area contributed by atoms with Gasteiger partial charge in [-0.15, -0.1) is 0 Å². The van der Waals surface area contributed by atoms with Gasteiger partial charge in [0.05, 0.1) is 36.0 Å². The summed E-state index contributed by atoms with van der Waals surface area (Å²) in [6.07, 6.45) is 6.21. The molecule has 1 aliphatic rings. The van der Waals surface area contributed by atoms with Crippen molar-refractivity contribution in [3.8, 4) is 11.3 Å². The second-order valence-electron chi connectivity index (χ2n) is 9.06. The maximum atomic E-state index is 13.2. The summed E-state index contributed by atoms with van der Waals surface area (Å²) in [6, 6.07) is 11.4. The molecule has 3 heterocycles. The first-order valence-corrected chi connectivity index (χ1v) is 11.7. The van der Waals surface area contributed by atoms with Crippen molar-refractivity contribution in [2.75, 3.05) is 11.1 Å². The monoisotopic (exact) mass is 460 g/mol. The third kappa shape index (κ3) is 4.93. The van der Waals surface area contributed by atoms with Gasteiger partial charge in [0.15, 0.2) is 11.5 Å². The van der Waals surface area contributed by atoms with Crippen LogP contribution in [0.25, 0.3) is 11.3 Å². The van der Waals surface area contributed by atoms with E-state index in [2.05, 4.69) is 41.0 Å². The average molecular weight is 461 g/mol. The van der Waals surface area contributed by atoms with E-state index in [1.54, 1.807) is 18.6 Å². The molecular weight excluding hydrogens is 428 g/mol. The maximum absolute atomic E-state index is 13.2. The number of carbonyl (C=O) groups is 1. The summed E-state index contributed by atoms with van der Waals surface area (Å²) in [7, 11) is 0. The van der Waals surface area contributed by atoms with Crippen molar-refractivity contribution in [1.82, 2.24) is 15.0 Å². The van der Waals surface area contributed by atoms with E-state index in [1.807, 2.05) is 36.4 Å². The van der Waals surface area contributed by atoms with Crippen LogP contribution in [0.3, 0.4) is 0 Å². The van der Waals surface area contributed by atoms with Gasteiger partial charge >= 0.3 is 0 Å². The van der Waals surface area contributed by atoms with Crippen LogP contribution in [0.15, 0.2) is 55.0 Å². The van der Waals surface area contributed by atoms with Crippen molar-refractivity contribution in [3.63, 3.8) is 0 Å². The standard InChI is InChI=1S/C26H32N6O2/c1-4-21-23(15(2)3)18(27)12-22(34-21)17-10-11-29-13-20(17)32-26(33)24-25(28)30-14-19(31-24)16-8-6-5-7-9-16/h5-11,13-15,18,21-23H,4,12,27H2,1-3H3,(H2,28,30)(H,32,33). The Labute approximate surface area is 200 Å². The molecule has 0 spiro atoms. The molecular formula is C26H32N6O2. The Morgan fingerprint density at radius 2 is 1.97 bits per heavy atom. The number of carbonyl (C=O) groups excluding carboxylic acids is 1. The highest BCUT2D eigenvalue weighted by Crippen LogP contribution is 2.40. The zero-order chi connectivity index (χ0) is 24.2. The highest BCUT2D eigenvalue weighted by molar-refractivity contribution is 6.06. The maximum Gasteiger partial charge on any atom is 0.278 e. The van der Waals surface area contributed by atoms with Gasteiger partial charge in [0, 0.05) is 29.3 Å². The highest BCUT2D eigenvalue weighted by Gasteiger charge is 2.38. The third-order valence-electron chi connectivity index (χ3n) is 6.46. The molecule has 0 radical (unpaired) electrons.